The molecule has 4 nitrogen and oxygen atoms in total. The van der Waals surface area contributed by atoms with Crippen LogP contribution in [0.25, 0.3) is 0 Å². The van der Waals surface area contributed by atoms with Crippen LogP contribution in [0.3, 0.4) is 0 Å². The number of hydrogen-bond donors (Lipinski definition) is 2. The van der Waals surface area contributed by atoms with Gasteiger partial charge in [0, 0.05) is 5.69 Å². The smallest absolute Gasteiger partial charge is 0.309 e. The summed E-state index contributed by atoms with van der Waals surface area (Å²) in [7, 11) is 0. The van der Waals surface area contributed by atoms with Gasteiger partial charge in [-0.2, -0.15) is 5.10 Å². The molecule has 0 aromatic carbocycles. The van der Waals surface area contributed by atoms with Crippen molar-refractivity contribution in [1.82, 2.24) is 10.2 Å². The number of carbonyl (C=O) groups is 1. The Kier molecular flexibility index (Phi) is 2.53. The molecular weight excluding hydrogens is 164 g/mol. The first kappa shape index (κ1) is 8.13. The monoisotopic (exact) mass is 172 g/mol. The Morgan fingerprint density at radius 1 is 1.91 bits per heavy atom. The molecule has 0 atom stereocenters. The van der Waals surface area contributed by atoms with Crippen molar-refractivity contribution >= 4 is 17.7 Å². The van der Waals surface area contributed by atoms with Crippen LogP contribution in [-0.2, 0) is 11.2 Å². The summed E-state index contributed by atoms with van der Waals surface area (Å²) < 4.78 is 0. The maximum absolute atomic E-state index is 10.2. The van der Waals surface area contributed by atoms with Crippen molar-refractivity contribution in [3.8, 4) is 0 Å². The van der Waals surface area contributed by atoms with E-state index in [0.29, 0.717) is 5.69 Å². The molecule has 0 aliphatic heterocycles. The summed E-state index contributed by atoms with van der Waals surface area (Å²) in [6, 6.07) is 1.73. The third kappa shape index (κ3) is 2.27. The van der Waals surface area contributed by atoms with Crippen LogP contribution in [0.4, 0.5) is 0 Å². The van der Waals surface area contributed by atoms with Crippen LogP contribution in [0.1, 0.15) is 5.69 Å². The van der Waals surface area contributed by atoms with Crippen molar-refractivity contribution in [2.24, 2.45) is 0 Å². The Balaban J connectivity index is 2.65. The van der Waals surface area contributed by atoms with Crippen LogP contribution >= 0.6 is 11.8 Å². The standard InChI is InChI=1S/C6H8N2O2S/c1-11-5-2-4(7-8-5)3-6(9)10/h2H,3H2,1H3,(H,7,8)(H,9,10). The van der Waals surface area contributed by atoms with E-state index < -0.39 is 5.97 Å². The first-order chi connectivity index (χ1) is 5.22. The van der Waals surface area contributed by atoms with E-state index >= 15 is 0 Å². The fraction of sp³-hybridized carbons (Fsp3) is 0.333. The van der Waals surface area contributed by atoms with Gasteiger partial charge in [0.1, 0.15) is 5.03 Å². The summed E-state index contributed by atoms with van der Waals surface area (Å²) in [6.45, 7) is 0. The van der Waals surface area contributed by atoms with E-state index in [0.717, 1.165) is 5.03 Å². The lowest BCUT2D eigenvalue weighted by atomic mass is 10.3. The normalized spacial score (nSPS) is 9.91. The maximum Gasteiger partial charge on any atom is 0.309 e. The Hall–Kier alpha value is -0.970. The highest BCUT2D eigenvalue weighted by Crippen LogP contribution is 2.11. The topological polar surface area (TPSA) is 66.0 Å². The van der Waals surface area contributed by atoms with Gasteiger partial charge >= 0.3 is 5.97 Å². The summed E-state index contributed by atoms with van der Waals surface area (Å²) in [6.07, 6.45) is 1.90. The van der Waals surface area contributed by atoms with Gasteiger partial charge in [-0.25, -0.2) is 0 Å². The number of thioether (sulfide) groups is 1. The van der Waals surface area contributed by atoms with Crippen molar-refractivity contribution in [3.05, 3.63) is 11.8 Å². The van der Waals surface area contributed by atoms with Gasteiger partial charge in [0.25, 0.3) is 0 Å². The van der Waals surface area contributed by atoms with Gasteiger partial charge in [0.15, 0.2) is 0 Å². The lowest BCUT2D eigenvalue weighted by molar-refractivity contribution is -0.136. The van der Waals surface area contributed by atoms with Crippen molar-refractivity contribution in [2.75, 3.05) is 6.26 Å². The number of nitrogens with one attached hydrogen (secondary N) is 1. The molecule has 5 heteroatoms. The molecule has 0 radical (unpaired) electrons. The van der Waals surface area contributed by atoms with Crippen LogP contribution in [0, 0.1) is 0 Å². The number of carboxylic acid groups (broad SMARTS) is 1. The Labute approximate surface area is 68.0 Å². The van der Waals surface area contributed by atoms with Gasteiger partial charge in [0.2, 0.25) is 0 Å². The average Bonchev–Trinajstić information content (AvgIpc) is 2.34. The highest BCUT2D eigenvalue weighted by Gasteiger charge is 2.03. The minimum absolute atomic E-state index is 0.00750. The number of H-pyrrole nitrogens is 1. The minimum atomic E-state index is -0.846. The predicted molar refractivity (Wildman–Crippen MR) is 41.7 cm³/mol. The van der Waals surface area contributed by atoms with Gasteiger partial charge in [-0.05, 0) is 12.3 Å². The van der Waals surface area contributed by atoms with Crippen LogP contribution in [0.2, 0.25) is 0 Å². The first-order valence-electron chi connectivity index (χ1n) is 3.02. The molecule has 0 unspecified atom stereocenters. The molecule has 1 aromatic rings. The summed E-state index contributed by atoms with van der Waals surface area (Å²) in [5.41, 5.74) is 0.641. The Morgan fingerprint density at radius 2 is 2.64 bits per heavy atom. The van der Waals surface area contributed by atoms with Gasteiger partial charge in [-0.15, -0.1) is 11.8 Å². The molecule has 0 saturated heterocycles. The van der Waals surface area contributed by atoms with Crippen molar-refractivity contribution in [2.45, 2.75) is 11.4 Å². The van der Waals surface area contributed by atoms with E-state index in [-0.39, 0.29) is 6.42 Å². The molecule has 1 heterocycles. The zero-order valence-electron chi connectivity index (χ0n) is 6.00. The van der Waals surface area contributed by atoms with E-state index in [2.05, 4.69) is 10.2 Å². The lowest BCUT2D eigenvalue weighted by Crippen LogP contribution is -1.99. The Bertz CT molecular complexity index is 259. The minimum Gasteiger partial charge on any atom is -0.481 e. The summed E-state index contributed by atoms with van der Waals surface area (Å²) >= 11 is 1.48. The number of nitrogens with zero attached hydrogens (tertiary/aromatic N) is 1. The maximum atomic E-state index is 10.2. The molecule has 0 bridgehead atoms. The third-order valence-corrected chi connectivity index (χ3v) is 1.79. The molecule has 2 N–H and O–H groups in total. The molecule has 0 aliphatic carbocycles. The summed E-state index contributed by atoms with van der Waals surface area (Å²) in [5.74, 6) is -0.846. The lowest BCUT2D eigenvalue weighted by Gasteiger charge is -1.85. The molecule has 0 spiro atoms. The number of carboxylic acids is 1. The second-order valence-corrected chi connectivity index (χ2v) is 2.83. The second-order valence-electron chi connectivity index (χ2n) is 2.01. The zero-order chi connectivity index (χ0) is 8.27. The van der Waals surface area contributed by atoms with E-state index in [4.69, 9.17) is 5.11 Å². The molecule has 0 amide bonds. The average molecular weight is 172 g/mol. The number of hydrogen-bond acceptors (Lipinski definition) is 3. The van der Waals surface area contributed by atoms with E-state index in [1.807, 2.05) is 6.26 Å². The number of aliphatic carboxylic acids is 1. The quantitative estimate of drug-likeness (QED) is 0.660. The zero-order valence-corrected chi connectivity index (χ0v) is 6.81. The van der Waals surface area contributed by atoms with Gasteiger partial charge in [0.05, 0.1) is 6.42 Å². The molecule has 60 valence electrons. The number of rotatable bonds is 3. The molecule has 0 aliphatic rings. The highest BCUT2D eigenvalue weighted by molar-refractivity contribution is 7.98. The summed E-state index contributed by atoms with van der Waals surface area (Å²) in [4.78, 5) is 10.2. The third-order valence-electron chi connectivity index (χ3n) is 1.16. The van der Waals surface area contributed by atoms with Crippen molar-refractivity contribution < 1.29 is 9.90 Å². The molecular formula is C6H8N2O2S. The van der Waals surface area contributed by atoms with Crippen LogP contribution in [0.5, 0.6) is 0 Å². The predicted octanol–water partition coefficient (Wildman–Crippen LogP) is 0.759. The van der Waals surface area contributed by atoms with Gasteiger partial charge in [-0.1, -0.05) is 0 Å². The molecule has 0 fully saturated rings. The van der Waals surface area contributed by atoms with E-state index in [1.165, 1.54) is 11.8 Å². The number of aromatic amines is 1. The molecule has 1 aromatic heterocycles. The van der Waals surface area contributed by atoms with Crippen LogP contribution in [0.15, 0.2) is 11.1 Å². The van der Waals surface area contributed by atoms with Crippen LogP contribution < -0.4 is 0 Å². The van der Waals surface area contributed by atoms with Crippen LogP contribution in [-0.4, -0.2) is 27.5 Å². The molecule has 1 rings (SSSR count). The Morgan fingerprint density at radius 3 is 3.09 bits per heavy atom. The highest BCUT2D eigenvalue weighted by atomic mass is 32.2. The SMILES string of the molecule is CSc1cc(CC(=O)O)[nH]n1. The number of aromatic nitrogens is 2. The van der Waals surface area contributed by atoms with Crippen molar-refractivity contribution in [3.63, 3.8) is 0 Å². The fourth-order valence-electron chi connectivity index (χ4n) is 0.699. The van der Waals surface area contributed by atoms with E-state index in [9.17, 15) is 4.79 Å². The van der Waals surface area contributed by atoms with Crippen molar-refractivity contribution in [1.29, 1.82) is 0 Å². The van der Waals surface area contributed by atoms with E-state index in [1.54, 1.807) is 6.07 Å². The molecule has 0 saturated carbocycles. The van der Waals surface area contributed by atoms with Gasteiger partial charge in [-0.3, -0.25) is 9.89 Å². The fourth-order valence-corrected chi connectivity index (χ4v) is 1.10. The first-order valence-corrected chi connectivity index (χ1v) is 4.25. The summed E-state index contributed by atoms with van der Waals surface area (Å²) in [5, 5.41) is 15.7. The molecule has 11 heavy (non-hydrogen) atoms. The van der Waals surface area contributed by atoms with Gasteiger partial charge < -0.3 is 5.11 Å². The largest absolute Gasteiger partial charge is 0.481 e. The second kappa shape index (κ2) is 3.43.